The van der Waals surface area contributed by atoms with Gasteiger partial charge in [0.25, 0.3) is 0 Å². The molecule has 160 valence electrons. The van der Waals surface area contributed by atoms with Gasteiger partial charge in [0.15, 0.2) is 11.2 Å². The van der Waals surface area contributed by atoms with Crippen molar-refractivity contribution in [3.05, 3.63) is 106 Å². The molecule has 2 heterocycles. The van der Waals surface area contributed by atoms with Crippen molar-refractivity contribution in [1.29, 1.82) is 10.5 Å². The lowest BCUT2D eigenvalue weighted by Crippen LogP contribution is -2.44. The van der Waals surface area contributed by atoms with Crippen molar-refractivity contribution < 1.29 is 4.79 Å². The van der Waals surface area contributed by atoms with E-state index in [4.69, 9.17) is 11.6 Å². The van der Waals surface area contributed by atoms with Crippen molar-refractivity contribution in [2.75, 3.05) is 4.90 Å². The average Bonchev–Trinajstić information content (AvgIpc) is 3.15. The van der Waals surface area contributed by atoms with E-state index in [0.717, 1.165) is 22.4 Å². The van der Waals surface area contributed by atoms with Gasteiger partial charge in [-0.05, 0) is 36.2 Å². The summed E-state index contributed by atoms with van der Waals surface area (Å²) in [4.78, 5) is 16.0. The van der Waals surface area contributed by atoms with Crippen LogP contribution in [0.2, 0.25) is 5.02 Å². The molecule has 0 aromatic heterocycles. The third kappa shape index (κ3) is 3.15. The molecule has 3 aromatic carbocycles. The average molecular weight is 450 g/mol. The number of nitrogens with zero attached hydrogens (tertiary/aromatic N) is 3. The maximum atomic E-state index is 14.1. The second kappa shape index (κ2) is 7.93. The van der Waals surface area contributed by atoms with Crippen LogP contribution < -0.4 is 4.90 Å². The number of nitriles is 2. The van der Waals surface area contributed by atoms with Gasteiger partial charge in [-0.15, -0.1) is 0 Å². The van der Waals surface area contributed by atoms with Crippen LogP contribution in [0.5, 0.6) is 0 Å². The van der Waals surface area contributed by atoms with Gasteiger partial charge >= 0.3 is 0 Å². The van der Waals surface area contributed by atoms with E-state index < -0.39 is 23.4 Å². The molecular weight excluding hydrogens is 430 g/mol. The minimum Gasteiger partial charge on any atom is -0.351 e. The van der Waals surface area contributed by atoms with Crippen LogP contribution in [0, 0.1) is 35.0 Å². The summed E-state index contributed by atoms with van der Waals surface area (Å²) >= 11 is 6.24. The maximum Gasteiger partial charge on any atom is 0.185 e. The van der Waals surface area contributed by atoms with E-state index in [1.54, 1.807) is 6.07 Å². The summed E-state index contributed by atoms with van der Waals surface area (Å²) in [5, 5.41) is 21.4. The molecule has 0 amide bonds. The molecule has 3 atom stereocenters. The van der Waals surface area contributed by atoms with Gasteiger partial charge in [0.1, 0.15) is 6.04 Å². The number of anilines is 1. The second-order valence-electron chi connectivity index (χ2n) is 8.57. The lowest BCUT2D eigenvalue weighted by atomic mass is 9.69. The highest BCUT2D eigenvalue weighted by Gasteiger charge is 2.63. The van der Waals surface area contributed by atoms with Gasteiger partial charge in [0.2, 0.25) is 0 Å². The number of halogens is 1. The first-order chi connectivity index (χ1) is 16.0. The van der Waals surface area contributed by atoms with E-state index in [1.807, 2.05) is 90.7 Å². The van der Waals surface area contributed by atoms with Gasteiger partial charge in [0, 0.05) is 22.2 Å². The van der Waals surface area contributed by atoms with Crippen LogP contribution in [-0.4, -0.2) is 17.9 Å². The predicted molar refractivity (Wildman–Crippen MR) is 129 cm³/mol. The first-order valence-corrected chi connectivity index (χ1v) is 11.1. The largest absolute Gasteiger partial charge is 0.351 e. The third-order valence-electron chi connectivity index (χ3n) is 6.73. The van der Waals surface area contributed by atoms with Crippen LogP contribution in [0.1, 0.15) is 33.0 Å². The lowest BCUT2D eigenvalue weighted by molar-refractivity contribution is 0.0951. The molecule has 0 radical (unpaired) electrons. The molecule has 3 aromatic rings. The molecule has 0 bridgehead atoms. The fourth-order valence-corrected chi connectivity index (χ4v) is 5.37. The molecule has 2 aliphatic rings. The summed E-state index contributed by atoms with van der Waals surface area (Å²) < 4.78 is 0. The van der Waals surface area contributed by atoms with Crippen LogP contribution in [0.3, 0.4) is 0 Å². The second-order valence-corrected chi connectivity index (χ2v) is 9.01. The van der Waals surface area contributed by atoms with Gasteiger partial charge < -0.3 is 4.90 Å². The number of hydrogen-bond donors (Lipinski definition) is 0. The molecule has 5 heteroatoms. The van der Waals surface area contributed by atoms with E-state index in [0.29, 0.717) is 10.6 Å². The maximum absolute atomic E-state index is 14.1. The predicted octanol–water partition coefficient (Wildman–Crippen LogP) is 5.93. The quantitative estimate of drug-likeness (QED) is 0.464. The van der Waals surface area contributed by atoms with Crippen molar-refractivity contribution in [3.63, 3.8) is 0 Å². The van der Waals surface area contributed by atoms with E-state index in [-0.39, 0.29) is 5.78 Å². The monoisotopic (exact) mass is 449 g/mol. The van der Waals surface area contributed by atoms with E-state index in [2.05, 4.69) is 12.1 Å². The molecule has 33 heavy (non-hydrogen) atoms. The molecular formula is C28H20ClN3O. The summed E-state index contributed by atoms with van der Waals surface area (Å²) in [6, 6.07) is 25.7. The van der Waals surface area contributed by atoms with Crippen molar-refractivity contribution in [2.45, 2.75) is 24.9 Å². The molecule has 4 nitrogen and oxygen atoms in total. The van der Waals surface area contributed by atoms with Gasteiger partial charge in [-0.25, -0.2) is 0 Å². The minimum absolute atomic E-state index is 0.113. The minimum atomic E-state index is -1.44. The molecule has 0 saturated carbocycles. The zero-order chi connectivity index (χ0) is 23.2. The number of fused-ring (bicyclic) bond motifs is 3. The number of carbonyl (C=O) groups is 1. The Kier molecular flexibility index (Phi) is 5.05. The number of Topliss-reactive ketones (excluding diaryl/α,β-unsaturated/α-hetero) is 1. The first-order valence-electron chi connectivity index (χ1n) is 10.7. The fourth-order valence-electron chi connectivity index (χ4n) is 5.19. The van der Waals surface area contributed by atoms with Crippen molar-refractivity contribution in [1.82, 2.24) is 0 Å². The normalized spacial score (nSPS) is 22.1. The van der Waals surface area contributed by atoms with Crippen molar-refractivity contribution in [2.24, 2.45) is 5.41 Å². The highest BCUT2D eigenvalue weighted by molar-refractivity contribution is 6.30. The summed E-state index contributed by atoms with van der Waals surface area (Å²) in [6.07, 6.45) is 3.76. The van der Waals surface area contributed by atoms with E-state index in [1.165, 1.54) is 0 Å². The Morgan fingerprint density at radius 2 is 1.70 bits per heavy atom. The Morgan fingerprint density at radius 1 is 1.00 bits per heavy atom. The molecule has 1 saturated heterocycles. The van der Waals surface area contributed by atoms with Gasteiger partial charge in [0.05, 0.1) is 18.2 Å². The lowest BCUT2D eigenvalue weighted by Gasteiger charge is -2.35. The summed E-state index contributed by atoms with van der Waals surface area (Å²) in [6.45, 7) is 1.97. The Labute approximate surface area is 198 Å². The highest BCUT2D eigenvalue weighted by Crippen LogP contribution is 2.55. The summed E-state index contributed by atoms with van der Waals surface area (Å²) in [5.74, 6) is -0.754. The van der Waals surface area contributed by atoms with E-state index >= 15 is 0 Å². The topological polar surface area (TPSA) is 67.9 Å². The standard InChI is InChI=1S/C28H20ClN3O/c1-18-7-9-20(10-8-18)27(33)26-25(19-5-3-2-4-6-19)28(16-30,17-31)24-14-11-21-15-22(29)12-13-23(21)32(24)26/h2-15,24-26H,1H3. The van der Waals surface area contributed by atoms with Crippen LogP contribution >= 0.6 is 11.6 Å². The zero-order valence-corrected chi connectivity index (χ0v) is 18.7. The zero-order valence-electron chi connectivity index (χ0n) is 17.9. The molecule has 2 aliphatic heterocycles. The number of aryl methyl sites for hydroxylation is 1. The smallest absolute Gasteiger partial charge is 0.185 e. The van der Waals surface area contributed by atoms with Crippen LogP contribution in [0.25, 0.3) is 6.08 Å². The van der Waals surface area contributed by atoms with Gasteiger partial charge in [-0.3, -0.25) is 4.79 Å². The number of ketones is 1. The number of benzene rings is 3. The highest BCUT2D eigenvalue weighted by atomic mass is 35.5. The molecule has 1 fully saturated rings. The molecule has 0 aliphatic carbocycles. The summed E-state index contributed by atoms with van der Waals surface area (Å²) in [7, 11) is 0. The Morgan fingerprint density at radius 3 is 2.36 bits per heavy atom. The third-order valence-corrected chi connectivity index (χ3v) is 6.97. The summed E-state index contributed by atoms with van der Waals surface area (Å²) in [5.41, 5.74) is 2.62. The van der Waals surface area contributed by atoms with Crippen molar-refractivity contribution >= 4 is 29.1 Å². The number of carbonyl (C=O) groups excluding carboxylic acids is 1. The fraction of sp³-hybridized carbons (Fsp3) is 0.179. The van der Waals surface area contributed by atoms with Gasteiger partial charge in [-0.2, -0.15) is 10.5 Å². The van der Waals surface area contributed by atoms with Crippen LogP contribution in [-0.2, 0) is 0 Å². The van der Waals surface area contributed by atoms with E-state index in [9.17, 15) is 15.3 Å². The molecule has 3 unspecified atom stereocenters. The SMILES string of the molecule is Cc1ccc(C(=O)C2C(c3ccccc3)C(C#N)(C#N)C3C=Cc4cc(Cl)ccc4N23)cc1. The molecule has 0 spiro atoms. The Hall–Kier alpha value is -3.86. The molecule has 0 N–H and O–H groups in total. The van der Waals surface area contributed by atoms with Crippen LogP contribution in [0.15, 0.2) is 78.9 Å². The first kappa shape index (κ1) is 21.0. The Balaban J connectivity index is 1.78. The van der Waals surface area contributed by atoms with Gasteiger partial charge in [-0.1, -0.05) is 83.9 Å². The number of hydrogen-bond acceptors (Lipinski definition) is 4. The van der Waals surface area contributed by atoms with Crippen LogP contribution in [0.4, 0.5) is 5.69 Å². The van der Waals surface area contributed by atoms with Crippen molar-refractivity contribution in [3.8, 4) is 12.1 Å². The molecule has 5 rings (SSSR count). The number of rotatable bonds is 3. The Bertz CT molecular complexity index is 1330.